The zero-order valence-corrected chi connectivity index (χ0v) is 19.8. The molecule has 2 aromatic carbocycles. The van der Waals surface area contributed by atoms with Crippen molar-refractivity contribution in [3.05, 3.63) is 71.3 Å². The highest BCUT2D eigenvalue weighted by molar-refractivity contribution is 5.90. The van der Waals surface area contributed by atoms with Crippen molar-refractivity contribution in [2.24, 2.45) is 0 Å². The second-order valence-electron chi connectivity index (χ2n) is 9.27. The van der Waals surface area contributed by atoms with Crippen LogP contribution in [0, 0.1) is 0 Å². The molecule has 8 heteroatoms. The number of aliphatic carboxylic acids is 1. The molecular weight excluding hydrogens is 448 g/mol. The lowest BCUT2D eigenvalue weighted by Crippen LogP contribution is -2.51. The number of benzene rings is 2. The zero-order chi connectivity index (χ0) is 25.1. The van der Waals surface area contributed by atoms with Crippen LogP contribution in [0.1, 0.15) is 43.7 Å². The van der Waals surface area contributed by atoms with Gasteiger partial charge in [0.25, 0.3) is 0 Å². The van der Waals surface area contributed by atoms with Gasteiger partial charge >= 0.3 is 12.1 Å². The van der Waals surface area contributed by atoms with Crippen LogP contribution in [0.25, 0.3) is 11.1 Å². The number of aliphatic hydroxyl groups is 1. The first kappa shape index (κ1) is 24.5. The molecule has 1 saturated heterocycles. The number of fused-ring (bicyclic) bond motifs is 3. The molecule has 0 aromatic heterocycles. The highest BCUT2D eigenvalue weighted by atomic mass is 16.5. The van der Waals surface area contributed by atoms with Crippen LogP contribution in [-0.2, 0) is 14.3 Å². The normalized spacial score (nSPS) is 19.5. The number of ether oxygens (including phenoxy) is 1. The minimum atomic E-state index is -1.18. The SMILES string of the molecule is CC(C)=CCC(NC(=O)OCC1c2ccccc2-c2ccccc21)C(=O)N1C[C@@H](O)C[C@H]1C(=O)O. The third-order valence-electron chi connectivity index (χ3n) is 6.54. The number of rotatable bonds is 7. The van der Waals surface area contributed by atoms with Crippen LogP contribution in [0.2, 0.25) is 0 Å². The molecule has 0 spiro atoms. The van der Waals surface area contributed by atoms with E-state index in [0.29, 0.717) is 0 Å². The van der Waals surface area contributed by atoms with Gasteiger partial charge in [-0.2, -0.15) is 0 Å². The molecule has 1 fully saturated rings. The number of carboxylic acids is 1. The fourth-order valence-corrected chi connectivity index (χ4v) is 4.85. The molecule has 1 aliphatic carbocycles. The van der Waals surface area contributed by atoms with Crippen LogP contribution in [0.3, 0.4) is 0 Å². The number of allylic oxidation sites excluding steroid dienone is 1. The molecular formula is C27H30N2O6. The highest BCUT2D eigenvalue weighted by Gasteiger charge is 2.41. The topological polar surface area (TPSA) is 116 Å². The number of amides is 2. The Labute approximate surface area is 204 Å². The van der Waals surface area contributed by atoms with E-state index in [2.05, 4.69) is 5.32 Å². The van der Waals surface area contributed by atoms with Crippen molar-refractivity contribution in [1.82, 2.24) is 10.2 Å². The molecule has 1 heterocycles. The minimum Gasteiger partial charge on any atom is -0.480 e. The summed E-state index contributed by atoms with van der Waals surface area (Å²) >= 11 is 0. The molecule has 3 N–H and O–H groups in total. The number of alkyl carbamates (subject to hydrolysis) is 1. The highest BCUT2D eigenvalue weighted by Crippen LogP contribution is 2.44. The Hall–Kier alpha value is -3.65. The van der Waals surface area contributed by atoms with Gasteiger partial charge in [-0.15, -0.1) is 0 Å². The number of β-amino-alcohol motifs (C(OH)–C–C–N with tert-alkyl or cyclic N) is 1. The number of likely N-dealkylation sites (tertiary alicyclic amines) is 1. The van der Waals surface area contributed by atoms with Crippen molar-refractivity contribution in [3.63, 3.8) is 0 Å². The van der Waals surface area contributed by atoms with E-state index < -0.39 is 36.2 Å². The standard InChI is InChI=1S/C27H30N2O6/c1-16(2)11-12-23(25(31)29-14-17(30)13-24(29)26(32)33)28-27(34)35-15-22-20-9-5-3-7-18(20)19-8-4-6-10-21(19)22/h3-11,17,22-24,30H,12-15H2,1-2H3,(H,28,34)(H,32,33)/t17-,23?,24-/m0/s1. The Bertz CT molecular complexity index is 1110. The lowest BCUT2D eigenvalue weighted by atomic mass is 9.98. The maximum Gasteiger partial charge on any atom is 0.407 e. The van der Waals surface area contributed by atoms with Gasteiger partial charge < -0.3 is 25.2 Å². The fraction of sp³-hybridized carbons (Fsp3) is 0.370. The Balaban J connectivity index is 1.47. The van der Waals surface area contributed by atoms with Gasteiger partial charge in [-0.05, 0) is 42.5 Å². The molecule has 8 nitrogen and oxygen atoms in total. The number of hydrogen-bond acceptors (Lipinski definition) is 5. The number of nitrogens with one attached hydrogen (secondary N) is 1. The summed E-state index contributed by atoms with van der Waals surface area (Å²) in [4.78, 5) is 38.7. The summed E-state index contributed by atoms with van der Waals surface area (Å²) in [5, 5.41) is 22.0. The summed E-state index contributed by atoms with van der Waals surface area (Å²) in [6.07, 6.45) is 0.276. The van der Waals surface area contributed by atoms with E-state index in [1.807, 2.05) is 62.4 Å². The van der Waals surface area contributed by atoms with E-state index >= 15 is 0 Å². The van der Waals surface area contributed by atoms with Crippen LogP contribution in [0.15, 0.2) is 60.2 Å². The quantitative estimate of drug-likeness (QED) is 0.526. The van der Waals surface area contributed by atoms with Crippen molar-refractivity contribution in [1.29, 1.82) is 0 Å². The smallest absolute Gasteiger partial charge is 0.407 e. The van der Waals surface area contributed by atoms with Gasteiger partial charge in [0.05, 0.1) is 6.10 Å². The number of carboxylic acid groups (broad SMARTS) is 1. The largest absolute Gasteiger partial charge is 0.480 e. The molecule has 3 atom stereocenters. The van der Waals surface area contributed by atoms with Crippen molar-refractivity contribution >= 4 is 18.0 Å². The first-order valence-corrected chi connectivity index (χ1v) is 11.7. The minimum absolute atomic E-state index is 0.0403. The summed E-state index contributed by atoms with van der Waals surface area (Å²) in [5.74, 6) is -1.86. The average molecular weight is 479 g/mol. The molecule has 0 bridgehead atoms. The fourth-order valence-electron chi connectivity index (χ4n) is 4.85. The average Bonchev–Trinajstić information content (AvgIpc) is 3.38. The Morgan fingerprint density at radius 1 is 1.09 bits per heavy atom. The molecule has 0 saturated carbocycles. The van der Waals surface area contributed by atoms with Crippen molar-refractivity contribution < 1.29 is 29.3 Å². The first-order chi connectivity index (χ1) is 16.8. The molecule has 0 radical (unpaired) electrons. The van der Waals surface area contributed by atoms with Gasteiger partial charge in [0.1, 0.15) is 18.7 Å². The predicted molar refractivity (Wildman–Crippen MR) is 130 cm³/mol. The van der Waals surface area contributed by atoms with Gasteiger partial charge in [-0.25, -0.2) is 9.59 Å². The van der Waals surface area contributed by atoms with E-state index in [9.17, 15) is 24.6 Å². The van der Waals surface area contributed by atoms with Crippen LogP contribution < -0.4 is 5.32 Å². The number of hydrogen-bond donors (Lipinski definition) is 3. The molecule has 2 amide bonds. The molecule has 2 aromatic rings. The third kappa shape index (κ3) is 5.22. The second-order valence-corrected chi connectivity index (χ2v) is 9.27. The number of nitrogens with zero attached hydrogens (tertiary/aromatic N) is 1. The van der Waals surface area contributed by atoms with E-state index in [0.717, 1.165) is 32.7 Å². The monoisotopic (exact) mass is 478 g/mol. The van der Waals surface area contributed by atoms with E-state index in [4.69, 9.17) is 4.74 Å². The number of carbonyl (C=O) groups is 3. The molecule has 1 unspecified atom stereocenters. The van der Waals surface area contributed by atoms with Gasteiger partial charge in [-0.1, -0.05) is 60.2 Å². The Morgan fingerprint density at radius 3 is 2.26 bits per heavy atom. The maximum atomic E-state index is 13.2. The summed E-state index contributed by atoms with van der Waals surface area (Å²) in [7, 11) is 0. The van der Waals surface area contributed by atoms with Crippen molar-refractivity contribution in [2.45, 2.75) is 50.8 Å². The second kappa shape index (κ2) is 10.3. The van der Waals surface area contributed by atoms with E-state index in [1.165, 1.54) is 0 Å². The Kier molecular flexibility index (Phi) is 7.21. The van der Waals surface area contributed by atoms with Crippen LogP contribution in [0.4, 0.5) is 4.79 Å². The zero-order valence-electron chi connectivity index (χ0n) is 19.8. The van der Waals surface area contributed by atoms with Gasteiger partial charge in [0.2, 0.25) is 5.91 Å². The van der Waals surface area contributed by atoms with E-state index in [1.54, 1.807) is 6.08 Å². The number of carbonyl (C=O) groups excluding carboxylic acids is 2. The summed E-state index contributed by atoms with van der Waals surface area (Å²) < 4.78 is 5.58. The third-order valence-corrected chi connectivity index (χ3v) is 6.54. The van der Waals surface area contributed by atoms with E-state index in [-0.39, 0.29) is 31.9 Å². The van der Waals surface area contributed by atoms with Gasteiger partial charge in [-0.3, -0.25) is 4.79 Å². The molecule has 35 heavy (non-hydrogen) atoms. The number of aliphatic hydroxyl groups excluding tert-OH is 1. The lowest BCUT2D eigenvalue weighted by Gasteiger charge is -2.26. The first-order valence-electron chi connectivity index (χ1n) is 11.7. The van der Waals surface area contributed by atoms with Gasteiger partial charge in [0, 0.05) is 18.9 Å². The predicted octanol–water partition coefficient (Wildman–Crippen LogP) is 3.30. The Morgan fingerprint density at radius 2 is 1.69 bits per heavy atom. The van der Waals surface area contributed by atoms with Gasteiger partial charge in [0.15, 0.2) is 0 Å². The van der Waals surface area contributed by atoms with Crippen molar-refractivity contribution in [3.8, 4) is 11.1 Å². The summed E-state index contributed by atoms with van der Waals surface area (Å²) in [6.45, 7) is 3.75. The van der Waals surface area contributed by atoms with Crippen LogP contribution in [-0.4, -0.2) is 64.4 Å². The van der Waals surface area contributed by atoms with Crippen LogP contribution in [0.5, 0.6) is 0 Å². The maximum absolute atomic E-state index is 13.2. The molecule has 1 aliphatic heterocycles. The molecule has 184 valence electrons. The molecule has 2 aliphatic rings. The summed E-state index contributed by atoms with van der Waals surface area (Å²) in [5.41, 5.74) is 5.33. The summed E-state index contributed by atoms with van der Waals surface area (Å²) in [6, 6.07) is 13.9. The molecule has 4 rings (SSSR count). The van der Waals surface area contributed by atoms with Crippen molar-refractivity contribution in [2.75, 3.05) is 13.2 Å². The lowest BCUT2D eigenvalue weighted by molar-refractivity contribution is -0.148. The van der Waals surface area contributed by atoms with Crippen LogP contribution >= 0.6 is 0 Å².